The number of nitrogens with two attached hydrogens (primary N) is 1. The molecule has 5 heteroatoms. The summed E-state index contributed by atoms with van der Waals surface area (Å²) < 4.78 is 5.11. The van der Waals surface area contributed by atoms with Crippen molar-refractivity contribution in [3.8, 4) is 17.6 Å². The zero-order chi connectivity index (χ0) is 14.4. The Hall–Kier alpha value is -2.29. The van der Waals surface area contributed by atoms with Crippen molar-refractivity contribution in [3.63, 3.8) is 0 Å². The average molecular weight is 286 g/mol. The molecule has 1 amide bonds. The van der Waals surface area contributed by atoms with Crippen LogP contribution in [0.3, 0.4) is 0 Å². The van der Waals surface area contributed by atoms with E-state index in [-0.39, 0.29) is 5.91 Å². The summed E-state index contributed by atoms with van der Waals surface area (Å²) in [4.78, 5) is 13.5. The first-order chi connectivity index (χ1) is 9.72. The fourth-order valence-corrected chi connectivity index (χ4v) is 2.33. The highest BCUT2D eigenvalue weighted by atomic mass is 32.1. The maximum absolute atomic E-state index is 12.1. The molecule has 0 atom stereocenters. The van der Waals surface area contributed by atoms with Gasteiger partial charge in [0.05, 0.1) is 23.4 Å². The van der Waals surface area contributed by atoms with Gasteiger partial charge in [0.15, 0.2) is 0 Å². The van der Waals surface area contributed by atoms with E-state index in [1.807, 2.05) is 24.3 Å². The molecule has 3 N–H and O–H groups in total. The van der Waals surface area contributed by atoms with Gasteiger partial charge in [0.1, 0.15) is 5.75 Å². The van der Waals surface area contributed by atoms with Gasteiger partial charge in [0.2, 0.25) is 0 Å². The zero-order valence-electron chi connectivity index (χ0n) is 11.0. The molecule has 0 bridgehead atoms. The molecule has 0 saturated carbocycles. The third-order valence-electron chi connectivity index (χ3n) is 2.47. The molecule has 0 aliphatic carbocycles. The highest BCUT2D eigenvalue weighted by Gasteiger charge is 2.09. The van der Waals surface area contributed by atoms with Crippen LogP contribution in [0.1, 0.15) is 14.5 Å². The van der Waals surface area contributed by atoms with Crippen molar-refractivity contribution in [2.75, 3.05) is 19.0 Å². The van der Waals surface area contributed by atoms with Crippen LogP contribution in [-0.4, -0.2) is 19.6 Å². The second-order valence-electron chi connectivity index (χ2n) is 3.86. The monoisotopic (exact) mass is 286 g/mol. The van der Waals surface area contributed by atoms with Gasteiger partial charge in [0, 0.05) is 11.8 Å². The highest BCUT2D eigenvalue weighted by molar-refractivity contribution is 7.14. The topological polar surface area (TPSA) is 64.3 Å². The summed E-state index contributed by atoms with van der Waals surface area (Å²) in [6, 6.07) is 10.8. The highest BCUT2D eigenvalue weighted by Crippen LogP contribution is 2.20. The number of benzene rings is 1. The van der Waals surface area contributed by atoms with E-state index >= 15 is 0 Å². The van der Waals surface area contributed by atoms with Gasteiger partial charge in [-0.25, -0.2) is 0 Å². The molecular formula is C15H14N2O2S. The molecule has 0 unspecified atom stereocenters. The molecule has 0 saturated heterocycles. The first-order valence-corrected chi connectivity index (χ1v) is 6.79. The molecule has 2 rings (SSSR count). The van der Waals surface area contributed by atoms with E-state index in [0.29, 0.717) is 22.9 Å². The minimum Gasteiger partial charge on any atom is -0.497 e. The minimum atomic E-state index is -0.163. The maximum Gasteiger partial charge on any atom is 0.265 e. The Labute approximate surface area is 121 Å². The number of carbonyl (C=O) groups excluding carboxylic acids is 1. The lowest BCUT2D eigenvalue weighted by molar-refractivity contribution is 0.103. The van der Waals surface area contributed by atoms with Crippen molar-refractivity contribution in [1.29, 1.82) is 0 Å². The summed E-state index contributed by atoms with van der Waals surface area (Å²) in [7, 11) is 1.59. The zero-order valence-corrected chi connectivity index (χ0v) is 11.8. The molecule has 0 aliphatic rings. The van der Waals surface area contributed by atoms with Gasteiger partial charge in [-0.1, -0.05) is 17.9 Å². The molecule has 0 aliphatic heterocycles. The number of anilines is 1. The van der Waals surface area contributed by atoms with E-state index in [9.17, 15) is 4.79 Å². The van der Waals surface area contributed by atoms with Crippen molar-refractivity contribution in [2.24, 2.45) is 5.73 Å². The Morgan fingerprint density at radius 2 is 2.25 bits per heavy atom. The quantitative estimate of drug-likeness (QED) is 0.851. The lowest BCUT2D eigenvalue weighted by atomic mass is 10.3. The predicted molar refractivity (Wildman–Crippen MR) is 81.2 cm³/mol. The molecule has 2 aromatic rings. The van der Waals surface area contributed by atoms with E-state index in [1.54, 1.807) is 19.2 Å². The van der Waals surface area contributed by atoms with E-state index in [0.717, 1.165) is 4.88 Å². The molecule has 0 fully saturated rings. The lowest BCUT2D eigenvalue weighted by Crippen LogP contribution is -2.09. The van der Waals surface area contributed by atoms with Crippen molar-refractivity contribution < 1.29 is 9.53 Å². The summed E-state index contributed by atoms with van der Waals surface area (Å²) in [5.41, 5.74) is 6.00. The summed E-state index contributed by atoms with van der Waals surface area (Å²) >= 11 is 1.34. The number of ether oxygens (including phenoxy) is 1. The van der Waals surface area contributed by atoms with Crippen LogP contribution in [0.25, 0.3) is 0 Å². The van der Waals surface area contributed by atoms with Gasteiger partial charge in [-0.15, -0.1) is 11.3 Å². The minimum absolute atomic E-state index is 0.163. The van der Waals surface area contributed by atoms with Gasteiger partial charge in [-0.05, 0) is 24.3 Å². The van der Waals surface area contributed by atoms with Crippen molar-refractivity contribution >= 4 is 22.9 Å². The van der Waals surface area contributed by atoms with Crippen molar-refractivity contribution in [1.82, 2.24) is 0 Å². The third kappa shape index (κ3) is 3.60. The average Bonchev–Trinajstić information content (AvgIpc) is 2.94. The fourth-order valence-electron chi connectivity index (χ4n) is 1.56. The Bertz CT molecular complexity index is 668. The van der Waals surface area contributed by atoms with Gasteiger partial charge in [0.25, 0.3) is 5.91 Å². The Morgan fingerprint density at radius 3 is 3.00 bits per heavy atom. The molecule has 0 radical (unpaired) electrons. The summed E-state index contributed by atoms with van der Waals surface area (Å²) in [5.74, 6) is 6.20. The molecule has 1 heterocycles. The molecule has 102 valence electrons. The van der Waals surface area contributed by atoms with Crippen LogP contribution in [0, 0.1) is 11.8 Å². The molecule has 1 aromatic carbocycles. The normalized spacial score (nSPS) is 9.50. The number of hydrogen-bond acceptors (Lipinski definition) is 4. The Kier molecular flexibility index (Phi) is 4.77. The van der Waals surface area contributed by atoms with Crippen LogP contribution in [0.15, 0.2) is 36.4 Å². The van der Waals surface area contributed by atoms with Crippen LogP contribution < -0.4 is 15.8 Å². The Morgan fingerprint density at radius 1 is 1.40 bits per heavy atom. The fraction of sp³-hybridized carbons (Fsp3) is 0.133. The van der Waals surface area contributed by atoms with Gasteiger partial charge in [-0.2, -0.15) is 0 Å². The van der Waals surface area contributed by atoms with Gasteiger partial charge in [-0.3, -0.25) is 4.79 Å². The first-order valence-electron chi connectivity index (χ1n) is 5.97. The van der Waals surface area contributed by atoms with Crippen LogP contribution in [0.2, 0.25) is 0 Å². The standard InChI is InChI=1S/C15H14N2O2S/c1-19-12-5-2-4-11(10-12)17-15(18)14-8-7-13(20-14)6-3-9-16/h2,4-5,7-8,10H,9,16H2,1H3,(H,17,18). The molecule has 20 heavy (non-hydrogen) atoms. The Balaban J connectivity index is 2.09. The lowest BCUT2D eigenvalue weighted by Gasteiger charge is -2.05. The van der Waals surface area contributed by atoms with E-state index in [4.69, 9.17) is 10.5 Å². The van der Waals surface area contributed by atoms with Crippen molar-refractivity contribution in [2.45, 2.75) is 0 Å². The SMILES string of the molecule is COc1cccc(NC(=O)c2ccc(C#CCN)s2)c1. The van der Waals surface area contributed by atoms with Crippen LogP contribution in [0.4, 0.5) is 5.69 Å². The summed E-state index contributed by atoms with van der Waals surface area (Å²) in [6.45, 7) is 0.309. The maximum atomic E-state index is 12.1. The summed E-state index contributed by atoms with van der Waals surface area (Å²) in [5, 5.41) is 2.82. The van der Waals surface area contributed by atoms with Crippen LogP contribution in [0.5, 0.6) is 5.75 Å². The summed E-state index contributed by atoms with van der Waals surface area (Å²) in [6.07, 6.45) is 0. The number of nitrogens with one attached hydrogen (secondary N) is 1. The molecule has 1 aromatic heterocycles. The number of rotatable bonds is 3. The predicted octanol–water partition coefficient (Wildman–Crippen LogP) is 2.32. The largest absolute Gasteiger partial charge is 0.497 e. The molecular weight excluding hydrogens is 272 g/mol. The molecule has 4 nitrogen and oxygen atoms in total. The van der Waals surface area contributed by atoms with E-state index < -0.39 is 0 Å². The van der Waals surface area contributed by atoms with Crippen LogP contribution in [-0.2, 0) is 0 Å². The second kappa shape index (κ2) is 6.75. The number of hydrogen-bond donors (Lipinski definition) is 2. The van der Waals surface area contributed by atoms with Gasteiger partial charge < -0.3 is 15.8 Å². The number of methoxy groups -OCH3 is 1. The smallest absolute Gasteiger partial charge is 0.265 e. The third-order valence-corrected chi connectivity index (χ3v) is 3.47. The number of thiophene rings is 1. The van der Waals surface area contributed by atoms with Crippen LogP contribution >= 0.6 is 11.3 Å². The van der Waals surface area contributed by atoms with E-state index in [2.05, 4.69) is 17.2 Å². The number of amides is 1. The van der Waals surface area contributed by atoms with Gasteiger partial charge >= 0.3 is 0 Å². The molecule has 0 spiro atoms. The number of carbonyl (C=O) groups is 1. The van der Waals surface area contributed by atoms with E-state index in [1.165, 1.54) is 11.3 Å². The second-order valence-corrected chi connectivity index (χ2v) is 4.94. The van der Waals surface area contributed by atoms with Crippen molar-refractivity contribution in [3.05, 3.63) is 46.2 Å². The first kappa shape index (κ1) is 14.1.